The lowest BCUT2D eigenvalue weighted by Gasteiger charge is -2.28. The number of nitrogens with zero attached hydrogens (tertiary/aromatic N) is 1. The van der Waals surface area contributed by atoms with Crippen LogP contribution in [0, 0.1) is 11.6 Å². The van der Waals surface area contributed by atoms with E-state index in [1.54, 1.807) is 0 Å². The molecule has 2 aromatic rings. The van der Waals surface area contributed by atoms with E-state index >= 15 is 0 Å². The molecule has 0 radical (unpaired) electrons. The number of carbonyl (C=O) groups excluding carboxylic acids is 1. The molecule has 1 aliphatic heterocycles. The third-order valence-corrected chi connectivity index (χ3v) is 5.25. The number of hydrogen-bond acceptors (Lipinski definition) is 5. The first-order valence-electron chi connectivity index (χ1n) is 6.74. The van der Waals surface area contributed by atoms with Crippen LogP contribution in [0.25, 0.3) is 0 Å². The number of methoxy groups -OCH3 is 1. The molecule has 0 aromatic heterocycles. The van der Waals surface area contributed by atoms with E-state index in [1.807, 2.05) is 0 Å². The summed E-state index contributed by atoms with van der Waals surface area (Å²) in [6.45, 7) is 0. The SMILES string of the molecule is COC(=O)C1=CN(c2cccc(F)c2)c2cc(F)ccc2S1(=O)=O. The number of benzene rings is 2. The Morgan fingerprint density at radius 1 is 1.08 bits per heavy atom. The monoisotopic (exact) mass is 351 g/mol. The minimum Gasteiger partial charge on any atom is -0.465 e. The molecular formula is C16H11F2NO4S. The van der Waals surface area contributed by atoms with Crippen LogP contribution in [-0.2, 0) is 19.4 Å². The lowest BCUT2D eigenvalue weighted by atomic mass is 10.2. The van der Waals surface area contributed by atoms with Crippen molar-refractivity contribution in [2.24, 2.45) is 0 Å². The number of anilines is 2. The highest BCUT2D eigenvalue weighted by molar-refractivity contribution is 7.96. The number of esters is 1. The summed E-state index contributed by atoms with van der Waals surface area (Å²) in [4.78, 5) is 12.2. The van der Waals surface area contributed by atoms with E-state index in [0.717, 1.165) is 37.6 Å². The van der Waals surface area contributed by atoms with Gasteiger partial charge in [-0.25, -0.2) is 22.0 Å². The number of sulfone groups is 1. The summed E-state index contributed by atoms with van der Waals surface area (Å²) < 4.78 is 56.8. The third kappa shape index (κ3) is 2.54. The Morgan fingerprint density at radius 3 is 2.46 bits per heavy atom. The van der Waals surface area contributed by atoms with Gasteiger partial charge in [0.15, 0.2) is 4.91 Å². The summed E-state index contributed by atoms with van der Waals surface area (Å²) in [5.74, 6) is -2.29. The first-order valence-corrected chi connectivity index (χ1v) is 8.22. The highest BCUT2D eigenvalue weighted by Gasteiger charge is 2.36. The van der Waals surface area contributed by atoms with E-state index in [0.29, 0.717) is 0 Å². The molecule has 2 aromatic carbocycles. The van der Waals surface area contributed by atoms with Gasteiger partial charge in [0.2, 0.25) is 9.84 Å². The van der Waals surface area contributed by atoms with E-state index in [4.69, 9.17) is 0 Å². The van der Waals surface area contributed by atoms with Crippen LogP contribution in [0.1, 0.15) is 0 Å². The van der Waals surface area contributed by atoms with Crippen molar-refractivity contribution in [2.45, 2.75) is 4.90 Å². The molecule has 124 valence electrons. The number of rotatable bonds is 2. The van der Waals surface area contributed by atoms with Gasteiger partial charge in [-0.05, 0) is 36.4 Å². The standard InChI is InChI=1S/C16H11F2NO4S/c1-23-16(20)15-9-19(12-4-2-3-10(17)7-12)13-8-11(18)5-6-14(13)24(15,21)22/h2-9H,1H3. The number of ether oxygens (including phenoxy) is 1. The van der Waals surface area contributed by atoms with Gasteiger partial charge < -0.3 is 9.64 Å². The fraction of sp³-hybridized carbons (Fsp3) is 0.0625. The smallest absolute Gasteiger partial charge is 0.351 e. The molecule has 0 atom stereocenters. The summed E-state index contributed by atoms with van der Waals surface area (Å²) in [7, 11) is -3.13. The van der Waals surface area contributed by atoms with Crippen LogP contribution in [0.2, 0.25) is 0 Å². The molecule has 3 rings (SSSR count). The van der Waals surface area contributed by atoms with Crippen molar-refractivity contribution in [3.05, 3.63) is 65.2 Å². The molecule has 0 saturated carbocycles. The third-order valence-electron chi connectivity index (χ3n) is 3.48. The van der Waals surface area contributed by atoms with Crippen molar-refractivity contribution in [3.63, 3.8) is 0 Å². The normalized spacial score (nSPS) is 15.5. The van der Waals surface area contributed by atoms with E-state index < -0.39 is 32.3 Å². The van der Waals surface area contributed by atoms with Crippen LogP contribution in [-0.4, -0.2) is 21.5 Å². The van der Waals surface area contributed by atoms with Crippen LogP contribution in [0.3, 0.4) is 0 Å². The predicted octanol–water partition coefficient (Wildman–Crippen LogP) is 2.90. The summed E-state index contributed by atoms with van der Waals surface area (Å²) in [6.07, 6.45) is 0.998. The lowest BCUT2D eigenvalue weighted by molar-refractivity contribution is -0.135. The Hall–Kier alpha value is -2.74. The Labute approximate surface area is 136 Å². The zero-order valence-corrected chi connectivity index (χ0v) is 13.2. The average molecular weight is 351 g/mol. The Kier molecular flexibility index (Phi) is 3.84. The molecule has 0 N–H and O–H groups in total. The van der Waals surface area contributed by atoms with Gasteiger partial charge in [-0.2, -0.15) is 0 Å². The minimum absolute atomic E-state index is 0.0201. The zero-order valence-electron chi connectivity index (χ0n) is 12.4. The number of halogens is 2. The fourth-order valence-corrected chi connectivity index (χ4v) is 3.85. The molecule has 0 bridgehead atoms. The first kappa shape index (κ1) is 16.1. The molecule has 0 unspecified atom stereocenters. The molecule has 1 aliphatic rings. The van der Waals surface area contributed by atoms with Gasteiger partial charge in [-0.15, -0.1) is 0 Å². The second-order valence-electron chi connectivity index (χ2n) is 4.95. The highest BCUT2D eigenvalue weighted by Crippen LogP contribution is 2.40. The minimum atomic E-state index is -4.18. The summed E-state index contributed by atoms with van der Waals surface area (Å²) >= 11 is 0. The fourth-order valence-electron chi connectivity index (χ4n) is 2.38. The molecule has 1 heterocycles. The van der Waals surface area contributed by atoms with Crippen molar-refractivity contribution >= 4 is 27.2 Å². The molecule has 0 aliphatic carbocycles. The second kappa shape index (κ2) is 5.72. The van der Waals surface area contributed by atoms with E-state index in [2.05, 4.69) is 4.74 Å². The van der Waals surface area contributed by atoms with Gasteiger partial charge in [0.1, 0.15) is 11.6 Å². The zero-order chi connectivity index (χ0) is 17.5. The van der Waals surface area contributed by atoms with Crippen molar-refractivity contribution < 1.29 is 26.7 Å². The van der Waals surface area contributed by atoms with Crippen molar-refractivity contribution in [2.75, 3.05) is 12.0 Å². The highest BCUT2D eigenvalue weighted by atomic mass is 32.2. The first-order chi connectivity index (χ1) is 11.3. The van der Waals surface area contributed by atoms with E-state index in [1.165, 1.54) is 23.1 Å². The maximum Gasteiger partial charge on any atom is 0.351 e. The van der Waals surface area contributed by atoms with Crippen LogP contribution in [0.4, 0.5) is 20.2 Å². The van der Waals surface area contributed by atoms with Crippen molar-refractivity contribution in [3.8, 4) is 0 Å². The maximum absolute atomic E-state index is 13.6. The van der Waals surface area contributed by atoms with Crippen molar-refractivity contribution in [1.82, 2.24) is 0 Å². The maximum atomic E-state index is 13.6. The molecule has 0 saturated heterocycles. The van der Waals surface area contributed by atoms with Crippen LogP contribution >= 0.6 is 0 Å². The van der Waals surface area contributed by atoms with E-state index in [9.17, 15) is 22.0 Å². The quantitative estimate of drug-likeness (QED) is 0.615. The number of carbonyl (C=O) groups is 1. The summed E-state index contributed by atoms with van der Waals surface area (Å²) in [5.41, 5.74) is 0.214. The molecular weight excluding hydrogens is 340 g/mol. The second-order valence-corrected chi connectivity index (χ2v) is 6.84. The molecule has 24 heavy (non-hydrogen) atoms. The molecule has 8 heteroatoms. The van der Waals surface area contributed by atoms with Crippen molar-refractivity contribution in [1.29, 1.82) is 0 Å². The van der Waals surface area contributed by atoms with Crippen LogP contribution in [0.15, 0.2) is 58.5 Å². The van der Waals surface area contributed by atoms with Crippen LogP contribution < -0.4 is 4.90 Å². The van der Waals surface area contributed by atoms with Gasteiger partial charge >= 0.3 is 5.97 Å². The average Bonchev–Trinajstić information content (AvgIpc) is 2.54. The Morgan fingerprint density at radius 2 is 1.79 bits per heavy atom. The molecule has 0 fully saturated rings. The largest absolute Gasteiger partial charge is 0.465 e. The van der Waals surface area contributed by atoms with Gasteiger partial charge in [0.05, 0.1) is 17.7 Å². The predicted molar refractivity (Wildman–Crippen MR) is 82.2 cm³/mol. The summed E-state index contributed by atoms with van der Waals surface area (Å²) in [6, 6.07) is 8.30. The lowest BCUT2D eigenvalue weighted by Crippen LogP contribution is -2.26. The Balaban J connectivity index is 2.31. The van der Waals surface area contributed by atoms with Gasteiger partial charge in [0, 0.05) is 11.9 Å². The van der Waals surface area contributed by atoms with Crippen LogP contribution in [0.5, 0.6) is 0 Å². The topological polar surface area (TPSA) is 63.7 Å². The van der Waals surface area contributed by atoms with Gasteiger partial charge in [-0.3, -0.25) is 0 Å². The number of hydrogen-bond donors (Lipinski definition) is 0. The Bertz CT molecular complexity index is 970. The summed E-state index contributed by atoms with van der Waals surface area (Å²) in [5, 5.41) is 0. The number of fused-ring (bicyclic) bond motifs is 1. The van der Waals surface area contributed by atoms with Gasteiger partial charge in [-0.1, -0.05) is 6.07 Å². The van der Waals surface area contributed by atoms with E-state index in [-0.39, 0.29) is 16.3 Å². The molecule has 0 spiro atoms. The van der Waals surface area contributed by atoms with Gasteiger partial charge in [0.25, 0.3) is 0 Å². The molecule has 0 amide bonds. The molecule has 5 nitrogen and oxygen atoms in total.